The standard InChI is InChI=1S/C30H17BrO/c31-29-23-11-5-3-9-21(23)28(22-10-4-6-12-24(22)29)19-14-16-27-26(17-19)25-15-13-18-7-1-2-8-20(18)30(25)32-27/h1-17H/i3D,4D,5D,6D,9D,10D,11D,12D. The lowest BCUT2D eigenvalue weighted by Crippen LogP contribution is -1.87. The summed E-state index contributed by atoms with van der Waals surface area (Å²) in [6.07, 6.45) is 0. The summed E-state index contributed by atoms with van der Waals surface area (Å²) in [5, 5.41) is 4.30. The predicted molar refractivity (Wildman–Crippen MR) is 139 cm³/mol. The topological polar surface area (TPSA) is 13.1 Å². The van der Waals surface area contributed by atoms with Crippen molar-refractivity contribution in [1.82, 2.24) is 0 Å². The van der Waals surface area contributed by atoms with Crippen molar-refractivity contribution in [2.75, 3.05) is 0 Å². The summed E-state index contributed by atoms with van der Waals surface area (Å²) in [5.74, 6) is 0. The van der Waals surface area contributed by atoms with Crippen LogP contribution in [0, 0.1) is 0 Å². The van der Waals surface area contributed by atoms with Crippen LogP contribution in [0.5, 0.6) is 0 Å². The van der Waals surface area contributed by atoms with E-state index in [4.69, 9.17) is 15.4 Å². The van der Waals surface area contributed by atoms with Gasteiger partial charge in [0, 0.05) is 20.6 Å². The molecular weight excluding hydrogens is 456 g/mol. The minimum Gasteiger partial charge on any atom is -0.455 e. The van der Waals surface area contributed by atoms with E-state index in [1.165, 1.54) is 0 Å². The molecule has 7 aromatic rings. The molecule has 150 valence electrons. The summed E-state index contributed by atoms with van der Waals surface area (Å²) in [5.41, 5.74) is 2.20. The second-order valence-corrected chi connectivity index (χ2v) is 8.46. The quantitative estimate of drug-likeness (QED) is 0.213. The number of halogens is 1. The Morgan fingerprint density at radius 1 is 0.625 bits per heavy atom. The van der Waals surface area contributed by atoms with Gasteiger partial charge in [0.05, 0.1) is 11.0 Å². The second kappa shape index (κ2) is 6.69. The summed E-state index contributed by atoms with van der Waals surface area (Å²) in [4.78, 5) is 0. The Balaban J connectivity index is 1.72. The van der Waals surface area contributed by atoms with Crippen molar-refractivity contribution >= 4 is 70.2 Å². The van der Waals surface area contributed by atoms with Crippen molar-refractivity contribution in [2.24, 2.45) is 0 Å². The van der Waals surface area contributed by atoms with Gasteiger partial charge < -0.3 is 4.42 Å². The lowest BCUT2D eigenvalue weighted by atomic mass is 9.91. The zero-order valence-corrected chi connectivity index (χ0v) is 18.1. The molecule has 0 spiro atoms. The smallest absolute Gasteiger partial charge is 0.143 e. The first-order valence-corrected chi connectivity index (χ1v) is 10.9. The van der Waals surface area contributed by atoms with Crippen molar-refractivity contribution in [3.05, 3.63) is 107 Å². The second-order valence-electron chi connectivity index (χ2n) is 7.67. The van der Waals surface area contributed by atoms with Crippen molar-refractivity contribution in [1.29, 1.82) is 0 Å². The van der Waals surface area contributed by atoms with Crippen molar-refractivity contribution in [3.8, 4) is 11.1 Å². The molecule has 32 heavy (non-hydrogen) atoms. The zero-order valence-electron chi connectivity index (χ0n) is 24.5. The van der Waals surface area contributed by atoms with E-state index >= 15 is 0 Å². The van der Waals surface area contributed by atoms with Gasteiger partial charge >= 0.3 is 0 Å². The van der Waals surface area contributed by atoms with Crippen LogP contribution in [0.25, 0.3) is 65.4 Å². The van der Waals surface area contributed by atoms with Gasteiger partial charge in [0.15, 0.2) is 0 Å². The number of fused-ring (bicyclic) bond motifs is 7. The minimum absolute atomic E-state index is 0.154. The fourth-order valence-electron chi connectivity index (χ4n) is 4.53. The fraction of sp³-hybridized carbons (Fsp3) is 0. The van der Waals surface area contributed by atoms with E-state index in [1.54, 1.807) is 12.1 Å². The van der Waals surface area contributed by atoms with Crippen LogP contribution in [0.15, 0.2) is 112 Å². The van der Waals surface area contributed by atoms with Gasteiger partial charge in [0.1, 0.15) is 11.2 Å². The van der Waals surface area contributed by atoms with Crippen LogP contribution in [0.1, 0.15) is 11.0 Å². The normalized spacial score (nSPS) is 15.4. The molecule has 0 fully saturated rings. The molecule has 0 aliphatic rings. The van der Waals surface area contributed by atoms with Gasteiger partial charge in [-0.05, 0) is 72.2 Å². The number of hydrogen-bond acceptors (Lipinski definition) is 1. The first-order valence-electron chi connectivity index (χ1n) is 14.1. The molecule has 6 aromatic carbocycles. The molecular formula is C30H17BrO. The van der Waals surface area contributed by atoms with Gasteiger partial charge in [-0.1, -0.05) is 84.7 Å². The highest BCUT2D eigenvalue weighted by molar-refractivity contribution is 9.10. The van der Waals surface area contributed by atoms with Crippen LogP contribution >= 0.6 is 15.9 Å². The van der Waals surface area contributed by atoms with Crippen molar-refractivity contribution in [2.45, 2.75) is 0 Å². The zero-order chi connectivity index (χ0) is 28.2. The summed E-state index contributed by atoms with van der Waals surface area (Å²) in [6, 6.07) is 14.4. The largest absolute Gasteiger partial charge is 0.455 e. The Labute approximate surface area is 204 Å². The van der Waals surface area contributed by atoms with Crippen molar-refractivity contribution < 1.29 is 15.4 Å². The molecule has 0 radical (unpaired) electrons. The number of benzene rings is 6. The highest BCUT2D eigenvalue weighted by atomic mass is 79.9. The monoisotopic (exact) mass is 480 g/mol. The summed E-state index contributed by atoms with van der Waals surface area (Å²) >= 11 is 3.45. The van der Waals surface area contributed by atoms with Gasteiger partial charge in [0.2, 0.25) is 0 Å². The molecule has 0 N–H and O–H groups in total. The van der Waals surface area contributed by atoms with Gasteiger partial charge in [0.25, 0.3) is 0 Å². The molecule has 1 aromatic heterocycles. The highest BCUT2D eigenvalue weighted by Crippen LogP contribution is 2.43. The van der Waals surface area contributed by atoms with Gasteiger partial charge in [-0.3, -0.25) is 0 Å². The van der Waals surface area contributed by atoms with Crippen LogP contribution in [0.2, 0.25) is 0 Å². The number of furan rings is 1. The maximum atomic E-state index is 8.84. The molecule has 1 nitrogen and oxygen atoms in total. The Bertz CT molecular complexity index is 2190. The van der Waals surface area contributed by atoms with Gasteiger partial charge in [-0.15, -0.1) is 0 Å². The summed E-state index contributed by atoms with van der Waals surface area (Å²) in [7, 11) is 0. The maximum Gasteiger partial charge on any atom is 0.143 e. The molecule has 0 aliphatic heterocycles. The third-order valence-electron chi connectivity index (χ3n) is 5.96. The van der Waals surface area contributed by atoms with E-state index < -0.39 is 24.2 Å². The van der Waals surface area contributed by atoms with Crippen LogP contribution < -0.4 is 0 Å². The first kappa shape index (κ1) is 11.8. The molecule has 0 unspecified atom stereocenters. The first-order chi connectivity index (χ1) is 19.1. The van der Waals surface area contributed by atoms with E-state index in [0.29, 0.717) is 16.7 Å². The van der Waals surface area contributed by atoms with Crippen LogP contribution in [0.4, 0.5) is 0 Å². The average molecular weight is 481 g/mol. The third-order valence-corrected chi connectivity index (χ3v) is 6.76. The molecule has 0 saturated heterocycles. The lowest BCUT2D eigenvalue weighted by Gasteiger charge is -2.14. The summed E-state index contributed by atoms with van der Waals surface area (Å²) in [6.45, 7) is 0. The molecule has 7 rings (SSSR count). The molecule has 1 heterocycles. The minimum atomic E-state index is -0.424. The number of hydrogen-bond donors (Lipinski definition) is 0. The SMILES string of the molecule is [2H]c1c([2H])c([2H])c2c(-c3ccc4oc5c6ccccc6ccc5c4c3)c3c([2H])c([2H])c([2H])c([2H])c3c(Br)c2c1[2H]. The molecule has 0 atom stereocenters. The van der Waals surface area contributed by atoms with Gasteiger partial charge in [-0.25, -0.2) is 0 Å². The molecule has 0 saturated carbocycles. The number of rotatable bonds is 1. The van der Waals surface area contributed by atoms with E-state index in [9.17, 15) is 0 Å². The third kappa shape index (κ3) is 2.44. The van der Waals surface area contributed by atoms with E-state index in [1.807, 2.05) is 42.5 Å². The van der Waals surface area contributed by atoms with Gasteiger partial charge in [-0.2, -0.15) is 0 Å². The highest BCUT2D eigenvalue weighted by Gasteiger charge is 2.16. The van der Waals surface area contributed by atoms with Crippen LogP contribution in [-0.4, -0.2) is 0 Å². The van der Waals surface area contributed by atoms with Crippen molar-refractivity contribution in [3.63, 3.8) is 0 Å². The molecule has 0 amide bonds. The Morgan fingerprint density at radius 2 is 1.31 bits per heavy atom. The van der Waals surface area contributed by atoms with E-state index in [2.05, 4.69) is 15.9 Å². The molecule has 0 bridgehead atoms. The predicted octanol–water partition coefficient (Wildman–Crippen LogP) is 9.48. The fourth-order valence-corrected chi connectivity index (χ4v) is 5.12. The molecule has 2 heteroatoms. The summed E-state index contributed by atoms with van der Waals surface area (Å²) < 4.78 is 74.8. The van der Waals surface area contributed by atoms with Crippen LogP contribution in [-0.2, 0) is 0 Å². The van der Waals surface area contributed by atoms with E-state index in [-0.39, 0.29) is 50.2 Å². The molecule has 0 aliphatic carbocycles. The average Bonchev–Trinajstić information content (AvgIpc) is 3.34. The Morgan fingerprint density at radius 3 is 2.06 bits per heavy atom. The lowest BCUT2D eigenvalue weighted by molar-refractivity contribution is 0.672. The van der Waals surface area contributed by atoms with Crippen LogP contribution in [0.3, 0.4) is 0 Å². The Kier molecular flexibility index (Phi) is 2.48. The maximum absolute atomic E-state index is 8.84. The Hall–Kier alpha value is -3.62. The van der Waals surface area contributed by atoms with E-state index in [0.717, 1.165) is 27.1 Å².